The van der Waals surface area contributed by atoms with Gasteiger partial charge in [-0.25, -0.2) is 14.2 Å². The Hall–Kier alpha value is -1.59. The first-order chi connectivity index (χ1) is 8.51. The van der Waals surface area contributed by atoms with E-state index in [9.17, 15) is 9.18 Å². The van der Waals surface area contributed by atoms with Gasteiger partial charge < -0.3 is 5.11 Å². The molecule has 0 radical (unpaired) electrons. The molecule has 0 aliphatic carbocycles. The summed E-state index contributed by atoms with van der Waals surface area (Å²) in [7, 11) is 0. The first-order valence-electron chi connectivity index (χ1n) is 4.50. The maximum Gasteiger partial charge on any atom is 0.339 e. The van der Waals surface area contributed by atoms with Crippen molar-refractivity contribution in [3.05, 3.63) is 28.0 Å². The number of hydrogen-bond donors (Lipinski definition) is 2. The minimum atomic E-state index is -1.31. The molecule has 0 aliphatic heterocycles. The van der Waals surface area contributed by atoms with Crippen molar-refractivity contribution in [1.29, 1.82) is 5.26 Å². The molecule has 2 N–H and O–H groups in total. The third-order valence-electron chi connectivity index (χ3n) is 1.86. The van der Waals surface area contributed by atoms with Gasteiger partial charge in [0.1, 0.15) is 17.1 Å². The molecule has 1 rings (SSSR count). The predicted octanol–water partition coefficient (Wildman–Crippen LogP) is 2.71. The summed E-state index contributed by atoms with van der Waals surface area (Å²) in [6.45, 7) is 0. The standard InChI is InChI=1S/C10H7BrFN3O2S/c1-18-10(14-4-13)15-8-6(12)3-2-5(11)7(8)9(16)17/h2-3H,1H3,(H,14,15)(H,16,17). The molecule has 1 aromatic carbocycles. The minimum absolute atomic E-state index is 0.108. The van der Waals surface area contributed by atoms with Gasteiger partial charge >= 0.3 is 5.97 Å². The van der Waals surface area contributed by atoms with Crippen LogP contribution >= 0.6 is 27.7 Å². The molecule has 0 aliphatic rings. The van der Waals surface area contributed by atoms with Gasteiger partial charge in [-0.3, -0.25) is 5.32 Å². The van der Waals surface area contributed by atoms with Gasteiger partial charge in [-0.2, -0.15) is 5.26 Å². The second-order valence-electron chi connectivity index (χ2n) is 2.92. The van der Waals surface area contributed by atoms with Crippen LogP contribution in [0.25, 0.3) is 0 Å². The number of benzene rings is 1. The maximum atomic E-state index is 13.6. The highest BCUT2D eigenvalue weighted by atomic mass is 79.9. The van der Waals surface area contributed by atoms with Crippen molar-refractivity contribution < 1.29 is 14.3 Å². The van der Waals surface area contributed by atoms with E-state index in [1.807, 2.05) is 0 Å². The lowest BCUT2D eigenvalue weighted by Gasteiger charge is -2.06. The van der Waals surface area contributed by atoms with Gasteiger partial charge in [0, 0.05) is 4.47 Å². The van der Waals surface area contributed by atoms with Crippen LogP contribution in [0.3, 0.4) is 0 Å². The number of amidine groups is 1. The quantitative estimate of drug-likeness (QED) is 0.376. The Morgan fingerprint density at radius 3 is 2.83 bits per heavy atom. The largest absolute Gasteiger partial charge is 0.478 e. The molecule has 0 aromatic heterocycles. The first-order valence-corrected chi connectivity index (χ1v) is 6.52. The number of nitrogens with zero attached hydrogens (tertiary/aromatic N) is 2. The molecular weight excluding hydrogens is 325 g/mol. The van der Waals surface area contributed by atoms with Crippen molar-refractivity contribution >= 4 is 44.5 Å². The summed E-state index contributed by atoms with van der Waals surface area (Å²) in [6.07, 6.45) is 3.26. The number of halogens is 2. The number of carboxylic acid groups (broad SMARTS) is 1. The number of rotatable bonds is 2. The van der Waals surface area contributed by atoms with Crippen molar-refractivity contribution in [2.45, 2.75) is 0 Å². The molecular formula is C10H7BrFN3O2S. The van der Waals surface area contributed by atoms with Crippen LogP contribution in [0, 0.1) is 17.3 Å². The Morgan fingerprint density at radius 2 is 2.33 bits per heavy atom. The summed E-state index contributed by atoms with van der Waals surface area (Å²) < 4.78 is 13.8. The molecule has 18 heavy (non-hydrogen) atoms. The molecule has 0 bridgehead atoms. The first kappa shape index (κ1) is 14.5. The van der Waals surface area contributed by atoms with E-state index < -0.39 is 11.8 Å². The molecule has 0 unspecified atom stereocenters. The highest BCUT2D eigenvalue weighted by Crippen LogP contribution is 2.30. The fourth-order valence-corrected chi connectivity index (χ4v) is 1.95. The molecule has 0 saturated carbocycles. The number of carboxylic acids is 1. The van der Waals surface area contributed by atoms with Crippen LogP contribution in [0.5, 0.6) is 0 Å². The summed E-state index contributed by atoms with van der Waals surface area (Å²) >= 11 is 4.09. The van der Waals surface area contributed by atoms with Crippen molar-refractivity contribution in [3.8, 4) is 6.19 Å². The second-order valence-corrected chi connectivity index (χ2v) is 4.57. The van der Waals surface area contributed by atoms with Crippen LogP contribution in [0.2, 0.25) is 0 Å². The number of aromatic carboxylic acids is 1. The van der Waals surface area contributed by atoms with Gasteiger partial charge in [0.15, 0.2) is 11.4 Å². The number of nitriles is 1. The van der Waals surface area contributed by atoms with Crippen LogP contribution in [-0.4, -0.2) is 22.5 Å². The zero-order valence-electron chi connectivity index (χ0n) is 9.07. The van der Waals surface area contributed by atoms with Crippen molar-refractivity contribution in [3.63, 3.8) is 0 Å². The third kappa shape index (κ3) is 3.21. The topological polar surface area (TPSA) is 85.5 Å². The summed E-state index contributed by atoms with van der Waals surface area (Å²) in [5.41, 5.74) is -0.620. The Balaban J connectivity index is 3.44. The van der Waals surface area contributed by atoms with Crippen molar-refractivity contribution in [2.75, 3.05) is 6.26 Å². The smallest absolute Gasteiger partial charge is 0.339 e. The second kappa shape index (κ2) is 6.37. The fourth-order valence-electron chi connectivity index (χ4n) is 1.13. The van der Waals surface area contributed by atoms with E-state index in [4.69, 9.17) is 10.4 Å². The lowest BCUT2D eigenvalue weighted by Crippen LogP contribution is -2.13. The van der Waals surface area contributed by atoms with Gasteiger partial charge in [-0.1, -0.05) is 11.8 Å². The minimum Gasteiger partial charge on any atom is -0.478 e. The Labute approximate surface area is 115 Å². The average molecular weight is 332 g/mol. The zero-order valence-corrected chi connectivity index (χ0v) is 11.5. The monoisotopic (exact) mass is 331 g/mol. The van der Waals surface area contributed by atoms with Gasteiger partial charge in [-0.05, 0) is 34.3 Å². The Morgan fingerprint density at radius 1 is 1.67 bits per heavy atom. The summed E-state index contributed by atoms with van der Waals surface area (Å²) in [4.78, 5) is 14.9. The third-order valence-corrected chi connectivity index (χ3v) is 3.10. The number of thioether (sulfide) groups is 1. The van der Waals surface area contributed by atoms with E-state index in [1.54, 1.807) is 12.4 Å². The molecule has 94 valence electrons. The molecule has 0 atom stereocenters. The SMILES string of the molecule is CSC(=Nc1c(F)ccc(Br)c1C(=O)O)NC#N. The van der Waals surface area contributed by atoms with Crippen molar-refractivity contribution in [2.24, 2.45) is 4.99 Å². The molecule has 0 spiro atoms. The number of nitrogens with one attached hydrogen (secondary N) is 1. The maximum absolute atomic E-state index is 13.6. The van der Waals surface area contributed by atoms with Crippen LogP contribution in [-0.2, 0) is 0 Å². The molecule has 5 nitrogen and oxygen atoms in total. The van der Waals surface area contributed by atoms with Gasteiger partial charge in [0.25, 0.3) is 0 Å². The van der Waals surface area contributed by atoms with E-state index in [0.717, 1.165) is 17.8 Å². The van der Waals surface area contributed by atoms with E-state index in [-0.39, 0.29) is 20.9 Å². The van der Waals surface area contributed by atoms with Crippen LogP contribution < -0.4 is 5.32 Å². The van der Waals surface area contributed by atoms with Crippen LogP contribution in [0.4, 0.5) is 10.1 Å². The lowest BCUT2D eigenvalue weighted by molar-refractivity contribution is 0.0696. The molecule has 1 aromatic rings. The normalized spacial score (nSPS) is 10.9. The predicted molar refractivity (Wildman–Crippen MR) is 70.4 cm³/mol. The van der Waals surface area contributed by atoms with Crippen molar-refractivity contribution in [1.82, 2.24) is 5.32 Å². The number of aliphatic imine (C=N–C) groups is 1. The summed E-state index contributed by atoms with van der Waals surface area (Å²) in [6, 6.07) is 2.38. The fraction of sp³-hybridized carbons (Fsp3) is 0.100. The Kier molecular flexibility index (Phi) is 5.12. The highest BCUT2D eigenvalue weighted by Gasteiger charge is 2.18. The Bertz CT molecular complexity index is 557. The zero-order chi connectivity index (χ0) is 13.7. The molecule has 8 heteroatoms. The van der Waals surface area contributed by atoms with E-state index >= 15 is 0 Å². The van der Waals surface area contributed by atoms with E-state index in [1.165, 1.54) is 6.07 Å². The molecule has 0 fully saturated rings. The van der Waals surface area contributed by atoms with E-state index in [2.05, 4.69) is 26.2 Å². The number of hydrogen-bond acceptors (Lipinski definition) is 4. The average Bonchev–Trinajstić information content (AvgIpc) is 2.32. The molecule has 0 heterocycles. The van der Waals surface area contributed by atoms with Gasteiger partial charge in [-0.15, -0.1) is 0 Å². The summed E-state index contributed by atoms with van der Waals surface area (Å²) in [5.74, 6) is -2.08. The van der Waals surface area contributed by atoms with Crippen LogP contribution in [0.1, 0.15) is 10.4 Å². The number of carbonyl (C=O) groups is 1. The molecule has 0 saturated heterocycles. The highest BCUT2D eigenvalue weighted by molar-refractivity contribution is 9.10. The lowest BCUT2D eigenvalue weighted by atomic mass is 10.2. The van der Waals surface area contributed by atoms with Gasteiger partial charge in [0.2, 0.25) is 0 Å². The van der Waals surface area contributed by atoms with Crippen LogP contribution in [0.15, 0.2) is 21.6 Å². The summed E-state index contributed by atoms with van der Waals surface area (Å²) in [5, 5.41) is 19.8. The van der Waals surface area contributed by atoms with Gasteiger partial charge in [0.05, 0.1) is 0 Å². The van der Waals surface area contributed by atoms with E-state index in [0.29, 0.717) is 0 Å². The molecule has 0 amide bonds.